The van der Waals surface area contributed by atoms with Gasteiger partial charge in [-0.3, -0.25) is 24.5 Å². The van der Waals surface area contributed by atoms with Crippen molar-refractivity contribution in [3.05, 3.63) is 141 Å². The van der Waals surface area contributed by atoms with Gasteiger partial charge >= 0.3 is 17.8 Å². The van der Waals surface area contributed by atoms with Crippen LogP contribution in [0.25, 0.3) is 16.8 Å². The van der Waals surface area contributed by atoms with Gasteiger partial charge in [-0.05, 0) is 76.0 Å². The molecule has 1 aromatic heterocycles. The molecule has 4 aromatic rings. The van der Waals surface area contributed by atoms with Gasteiger partial charge in [0.15, 0.2) is 5.78 Å². The quantitative estimate of drug-likeness (QED) is 0.0416. The van der Waals surface area contributed by atoms with E-state index in [4.69, 9.17) is 4.42 Å². The molecule has 0 fully saturated rings. The van der Waals surface area contributed by atoms with Crippen molar-refractivity contribution in [1.29, 1.82) is 5.26 Å². The highest BCUT2D eigenvalue weighted by Crippen LogP contribution is 2.51. The number of anilines is 2. The van der Waals surface area contributed by atoms with Crippen molar-refractivity contribution in [3.8, 4) is 6.07 Å². The predicted octanol–water partition coefficient (Wildman–Crippen LogP) is 8.27. The number of nitriles is 1. The maximum Gasteiger partial charge on any atom is 0.433 e. The number of allylic oxidation sites excluding steroid dienone is 6. The summed E-state index contributed by atoms with van der Waals surface area (Å²) in [5.41, 5.74) is 4.68. The highest BCUT2D eigenvalue weighted by Gasteiger charge is 2.44. The van der Waals surface area contributed by atoms with E-state index in [1.54, 1.807) is 12.2 Å². The lowest BCUT2D eigenvalue weighted by Gasteiger charge is -2.32. The average Bonchev–Trinajstić information content (AvgIpc) is 3.78. The third-order valence-corrected chi connectivity index (χ3v) is 10.6. The fourth-order valence-electron chi connectivity index (χ4n) is 7.92. The standard InChI is InChI=1S/C44H42N4O8/c1-43(2)34-26-29(25-31(49)13-14-32-15-20-39(56-32)48(54)55)9-16-35(34)46(23-21-40(50)51)37(43)18-10-28(27-45)11-19-38-44(3,4)42-33-8-6-5-7-30(33)12-17-36(42)47(38)24-22-41(52)53/h5-20,26,37H,21-25H2,1-4H3,(H,50,51)(H,52,53)/b14-13+,18-10+,28-11-,38-19+. The van der Waals surface area contributed by atoms with E-state index in [-0.39, 0.29) is 49.9 Å². The number of carboxylic acid groups (broad SMARTS) is 2. The lowest BCUT2D eigenvalue weighted by atomic mass is 9.79. The highest BCUT2D eigenvalue weighted by molar-refractivity contribution is 5.96. The van der Waals surface area contributed by atoms with Gasteiger partial charge in [-0.2, -0.15) is 5.26 Å². The Kier molecular flexibility index (Phi) is 10.8. The first-order valence-electron chi connectivity index (χ1n) is 18.2. The van der Waals surface area contributed by atoms with E-state index in [0.29, 0.717) is 5.57 Å². The number of hydrogen-bond donors (Lipinski definition) is 2. The molecule has 3 aromatic carbocycles. The summed E-state index contributed by atoms with van der Waals surface area (Å²) in [6, 6.07) is 22.4. The number of furan rings is 1. The summed E-state index contributed by atoms with van der Waals surface area (Å²) >= 11 is 0. The first kappa shape index (κ1) is 39.0. The van der Waals surface area contributed by atoms with Crippen LogP contribution in [0.3, 0.4) is 0 Å². The lowest BCUT2D eigenvalue weighted by molar-refractivity contribution is -0.402. The number of nitrogens with zero attached hydrogens (tertiary/aromatic N) is 4. The van der Waals surface area contributed by atoms with Crippen LogP contribution in [0.4, 0.5) is 17.3 Å². The van der Waals surface area contributed by atoms with E-state index in [2.05, 4.69) is 32.0 Å². The van der Waals surface area contributed by atoms with E-state index < -0.39 is 33.6 Å². The van der Waals surface area contributed by atoms with Crippen LogP contribution in [0.5, 0.6) is 0 Å². The molecule has 0 saturated heterocycles. The molecule has 0 spiro atoms. The number of aliphatic carboxylic acids is 2. The number of rotatable bonds is 14. The number of nitro groups is 1. The number of carbonyl (C=O) groups excluding carboxylic acids is 1. The van der Waals surface area contributed by atoms with Gasteiger partial charge in [-0.25, -0.2) is 0 Å². The molecule has 3 heterocycles. The van der Waals surface area contributed by atoms with Gasteiger partial charge in [0.05, 0.1) is 36.6 Å². The van der Waals surface area contributed by atoms with Crippen LogP contribution in [0.15, 0.2) is 113 Å². The smallest absolute Gasteiger partial charge is 0.433 e. The molecule has 1 atom stereocenters. The Labute approximate surface area is 324 Å². The normalized spacial score (nSPS) is 17.8. The second-order valence-corrected chi connectivity index (χ2v) is 15.0. The van der Waals surface area contributed by atoms with Crippen LogP contribution in [-0.4, -0.2) is 52.0 Å². The van der Waals surface area contributed by atoms with Gasteiger partial charge in [0.2, 0.25) is 0 Å². The topological polar surface area (TPSA) is 178 Å². The monoisotopic (exact) mass is 754 g/mol. The first-order valence-corrected chi connectivity index (χ1v) is 18.2. The van der Waals surface area contributed by atoms with E-state index in [1.165, 1.54) is 24.3 Å². The zero-order valence-electron chi connectivity index (χ0n) is 31.6. The molecule has 0 bridgehead atoms. The Hall–Kier alpha value is -6.74. The number of carboxylic acids is 2. The molecule has 2 aliphatic rings. The second kappa shape index (κ2) is 15.5. The van der Waals surface area contributed by atoms with E-state index >= 15 is 0 Å². The van der Waals surface area contributed by atoms with Crippen LogP contribution < -0.4 is 9.80 Å². The van der Waals surface area contributed by atoms with Crippen molar-refractivity contribution in [2.75, 3.05) is 22.9 Å². The fraction of sp³-hybridized carbons (Fsp3) is 0.273. The third-order valence-electron chi connectivity index (χ3n) is 10.6. The van der Waals surface area contributed by atoms with E-state index in [0.717, 1.165) is 44.5 Å². The number of carbonyl (C=O) groups is 3. The molecular weight excluding hydrogens is 713 g/mol. The summed E-state index contributed by atoms with van der Waals surface area (Å²) in [5, 5.41) is 42.6. The van der Waals surface area contributed by atoms with Gasteiger partial charge in [-0.1, -0.05) is 76.2 Å². The fourth-order valence-corrected chi connectivity index (χ4v) is 7.92. The summed E-state index contributed by atoms with van der Waals surface area (Å²) in [4.78, 5) is 50.6. The summed E-state index contributed by atoms with van der Waals surface area (Å²) in [6.45, 7) is 8.75. The minimum atomic E-state index is -0.945. The molecule has 0 amide bonds. The van der Waals surface area contributed by atoms with Crippen molar-refractivity contribution in [3.63, 3.8) is 0 Å². The van der Waals surface area contributed by atoms with Gasteiger partial charge < -0.3 is 24.4 Å². The van der Waals surface area contributed by atoms with Gasteiger partial charge in [0, 0.05) is 47.4 Å². The van der Waals surface area contributed by atoms with Crippen LogP contribution in [0, 0.1) is 21.4 Å². The number of ketones is 1. The molecular formula is C44H42N4O8. The number of hydrogen-bond acceptors (Lipinski definition) is 9. The van der Waals surface area contributed by atoms with Gasteiger partial charge in [0.25, 0.3) is 0 Å². The molecule has 2 aliphatic heterocycles. The van der Waals surface area contributed by atoms with Crippen molar-refractivity contribution in [1.82, 2.24) is 0 Å². The Morgan fingerprint density at radius 2 is 1.66 bits per heavy atom. The molecule has 0 aliphatic carbocycles. The molecule has 56 heavy (non-hydrogen) atoms. The van der Waals surface area contributed by atoms with E-state index in [1.807, 2.05) is 78.3 Å². The lowest BCUT2D eigenvalue weighted by Crippen LogP contribution is -2.41. The maximum atomic E-state index is 12.9. The van der Waals surface area contributed by atoms with Crippen LogP contribution >= 0.6 is 0 Å². The predicted molar refractivity (Wildman–Crippen MR) is 213 cm³/mol. The SMILES string of the molecule is CC1(C)\C(=C/C=C(C#N)/C=C/C2N(CCC(=O)O)c3ccc(CC(=O)/C=C/c4ccc([N+](=O)[O-])o4)cc3C2(C)C)N(CCC(=O)O)c2ccc3ccccc3c21. The van der Waals surface area contributed by atoms with Crippen molar-refractivity contribution >= 4 is 51.8 Å². The Morgan fingerprint density at radius 3 is 2.36 bits per heavy atom. The molecule has 12 nitrogen and oxygen atoms in total. The Morgan fingerprint density at radius 1 is 0.946 bits per heavy atom. The minimum Gasteiger partial charge on any atom is -0.481 e. The van der Waals surface area contributed by atoms with Gasteiger partial charge in [0.1, 0.15) is 10.7 Å². The summed E-state index contributed by atoms with van der Waals surface area (Å²) in [7, 11) is 0. The van der Waals surface area contributed by atoms with E-state index in [9.17, 15) is 40.0 Å². The Balaban J connectivity index is 1.29. The summed E-state index contributed by atoms with van der Waals surface area (Å²) in [5.74, 6) is -2.32. The maximum absolute atomic E-state index is 12.9. The zero-order chi connectivity index (χ0) is 40.4. The largest absolute Gasteiger partial charge is 0.481 e. The minimum absolute atomic E-state index is 0.0633. The molecule has 2 N–H and O–H groups in total. The van der Waals surface area contributed by atoms with Gasteiger partial charge in [-0.15, -0.1) is 0 Å². The van der Waals surface area contributed by atoms with Crippen molar-refractivity contribution < 1.29 is 33.9 Å². The zero-order valence-corrected chi connectivity index (χ0v) is 31.6. The van der Waals surface area contributed by atoms with Crippen LogP contribution in [0.1, 0.15) is 63.0 Å². The molecule has 1 unspecified atom stereocenters. The van der Waals surface area contributed by atoms with Crippen molar-refractivity contribution in [2.45, 2.75) is 63.8 Å². The average molecular weight is 755 g/mol. The molecule has 0 saturated carbocycles. The molecule has 286 valence electrons. The van der Waals surface area contributed by atoms with Crippen molar-refractivity contribution in [2.24, 2.45) is 0 Å². The summed E-state index contributed by atoms with van der Waals surface area (Å²) in [6.07, 6.45) is 9.87. The summed E-state index contributed by atoms with van der Waals surface area (Å²) < 4.78 is 5.10. The number of fused-ring (bicyclic) bond motifs is 4. The third kappa shape index (κ3) is 7.75. The second-order valence-electron chi connectivity index (χ2n) is 15.0. The van der Waals surface area contributed by atoms with Crippen LogP contribution in [0.2, 0.25) is 0 Å². The Bertz CT molecular complexity index is 2410. The molecule has 6 rings (SSSR count). The highest BCUT2D eigenvalue weighted by atomic mass is 16.6. The molecule has 0 radical (unpaired) electrons. The number of benzene rings is 3. The first-order chi connectivity index (χ1) is 26.6. The van der Waals surface area contributed by atoms with Crippen LogP contribution in [-0.2, 0) is 31.6 Å². The molecule has 12 heteroatoms.